The second-order valence-corrected chi connectivity index (χ2v) is 16.7. The predicted molar refractivity (Wildman–Crippen MR) is 223 cm³/mol. The van der Waals surface area contributed by atoms with E-state index in [4.69, 9.17) is 14.3 Å². The van der Waals surface area contributed by atoms with E-state index >= 15 is 0 Å². The van der Waals surface area contributed by atoms with Crippen LogP contribution in [0.3, 0.4) is 0 Å². The smallest absolute Gasteiger partial charge is 0.266 e. The van der Waals surface area contributed by atoms with Gasteiger partial charge in [-0.05, 0) is 36.2 Å². The van der Waals surface area contributed by atoms with Gasteiger partial charge in [0.15, 0.2) is 0 Å². The van der Waals surface area contributed by atoms with Crippen LogP contribution in [0.2, 0.25) is 0 Å². The highest BCUT2D eigenvalue weighted by atomic mass is 16.6. The Morgan fingerprint density at radius 1 is 0.862 bits per heavy atom. The highest BCUT2D eigenvalue weighted by Crippen LogP contribution is 2.30. The number of amides is 5. The molecule has 3 rings (SSSR count). The number of hydroxylamine groups is 1. The van der Waals surface area contributed by atoms with Crippen LogP contribution in [0.4, 0.5) is 0 Å². The van der Waals surface area contributed by atoms with Crippen molar-refractivity contribution in [2.75, 3.05) is 61.1 Å². The van der Waals surface area contributed by atoms with Gasteiger partial charge in [-0.1, -0.05) is 85.2 Å². The van der Waals surface area contributed by atoms with Crippen LogP contribution in [0.1, 0.15) is 79.7 Å². The second kappa shape index (κ2) is 23.8. The largest absolute Gasteiger partial charge is 0.379 e. The van der Waals surface area contributed by atoms with Crippen molar-refractivity contribution >= 4 is 29.5 Å². The van der Waals surface area contributed by atoms with Crippen LogP contribution in [0.5, 0.6) is 0 Å². The number of benzene rings is 1. The number of carbonyl (C=O) groups is 5. The number of hydrogen-bond donors (Lipinski definition) is 4. The van der Waals surface area contributed by atoms with Crippen molar-refractivity contribution in [2.45, 2.75) is 123 Å². The Morgan fingerprint density at radius 3 is 2.07 bits per heavy atom. The van der Waals surface area contributed by atoms with E-state index in [1.807, 2.05) is 71.9 Å². The van der Waals surface area contributed by atoms with Crippen molar-refractivity contribution in [1.82, 2.24) is 36.1 Å². The minimum atomic E-state index is -0.900. The molecule has 1 aromatic rings. The molecule has 1 aromatic carbocycles. The number of piperazine rings is 1. The summed E-state index contributed by atoms with van der Waals surface area (Å²) in [7, 11) is 6.17. The molecule has 58 heavy (non-hydrogen) atoms. The topological polar surface area (TPSA) is 171 Å². The molecule has 0 aromatic heterocycles. The van der Waals surface area contributed by atoms with Gasteiger partial charge in [0, 0.05) is 60.4 Å². The summed E-state index contributed by atoms with van der Waals surface area (Å²) in [5.41, 5.74) is 3.20. The van der Waals surface area contributed by atoms with E-state index in [-0.39, 0.29) is 60.3 Å². The Balaban J connectivity index is 1.78. The average molecular weight is 816 g/mol. The van der Waals surface area contributed by atoms with E-state index in [0.29, 0.717) is 13.0 Å². The van der Waals surface area contributed by atoms with Gasteiger partial charge in [0.25, 0.3) is 5.91 Å². The van der Waals surface area contributed by atoms with Gasteiger partial charge in [0.1, 0.15) is 12.1 Å². The highest BCUT2D eigenvalue weighted by molar-refractivity contribution is 5.90. The van der Waals surface area contributed by atoms with Gasteiger partial charge >= 0.3 is 0 Å². The van der Waals surface area contributed by atoms with E-state index in [0.717, 1.165) is 44.6 Å². The lowest BCUT2D eigenvalue weighted by Crippen LogP contribution is -2.61. The minimum Gasteiger partial charge on any atom is -0.379 e. The highest BCUT2D eigenvalue weighted by Gasteiger charge is 2.43. The molecule has 2 unspecified atom stereocenters. The monoisotopic (exact) mass is 816 g/mol. The van der Waals surface area contributed by atoms with Crippen molar-refractivity contribution in [1.29, 1.82) is 0 Å². The normalized spacial score (nSPS) is 20.4. The maximum Gasteiger partial charge on any atom is 0.266 e. The first-order valence-corrected chi connectivity index (χ1v) is 21.1. The fraction of sp³-hybridized carbons (Fsp3) is 0.744. The van der Waals surface area contributed by atoms with E-state index < -0.39 is 48.2 Å². The molecule has 15 heteroatoms. The molecule has 0 spiro atoms. The number of carbonyl (C=O) groups excluding carboxylic acids is 5. The van der Waals surface area contributed by atoms with Gasteiger partial charge in [0.2, 0.25) is 23.6 Å². The Labute approximate surface area is 347 Å². The van der Waals surface area contributed by atoms with Crippen LogP contribution in [0.15, 0.2) is 30.3 Å². The van der Waals surface area contributed by atoms with Crippen molar-refractivity contribution in [3.8, 4) is 0 Å². The Morgan fingerprint density at radius 2 is 1.52 bits per heavy atom. The van der Waals surface area contributed by atoms with Crippen LogP contribution in [-0.4, -0.2) is 148 Å². The molecule has 2 heterocycles. The zero-order valence-corrected chi connectivity index (χ0v) is 36.9. The molecule has 2 saturated heterocycles. The third kappa shape index (κ3) is 12.9. The molecular formula is C43H73N7O8. The lowest BCUT2D eigenvalue weighted by atomic mass is 9.89. The number of ether oxygens (including phenoxy) is 2. The van der Waals surface area contributed by atoms with Crippen LogP contribution >= 0.6 is 0 Å². The Bertz CT molecular complexity index is 1460. The lowest BCUT2D eigenvalue weighted by Gasteiger charge is -2.41. The molecule has 5 amide bonds. The fourth-order valence-electron chi connectivity index (χ4n) is 8.66. The van der Waals surface area contributed by atoms with Gasteiger partial charge < -0.3 is 35.2 Å². The first-order valence-electron chi connectivity index (χ1n) is 21.1. The van der Waals surface area contributed by atoms with Gasteiger partial charge in [0.05, 0.1) is 49.8 Å². The number of likely N-dealkylation sites (tertiary alicyclic amines) is 1. The van der Waals surface area contributed by atoms with Crippen molar-refractivity contribution in [2.24, 2.45) is 23.7 Å². The van der Waals surface area contributed by atoms with Gasteiger partial charge in [-0.2, -0.15) is 0 Å². The summed E-state index contributed by atoms with van der Waals surface area (Å²) in [5, 5.41) is 9.36. The Kier molecular flexibility index (Phi) is 20.0. The summed E-state index contributed by atoms with van der Waals surface area (Å²) in [5.74, 6) is -2.30. The van der Waals surface area contributed by atoms with E-state index in [9.17, 15) is 24.0 Å². The molecular weight excluding hydrogens is 743 g/mol. The molecule has 9 atom stereocenters. The summed E-state index contributed by atoms with van der Waals surface area (Å²) in [6, 6.07) is 6.48. The van der Waals surface area contributed by atoms with Crippen molar-refractivity contribution in [3.05, 3.63) is 35.9 Å². The van der Waals surface area contributed by atoms with E-state index in [1.165, 1.54) is 14.2 Å². The molecule has 4 N–H and O–H groups in total. The zero-order valence-electron chi connectivity index (χ0n) is 36.9. The predicted octanol–water partition coefficient (Wildman–Crippen LogP) is 2.38. The third-order valence-electron chi connectivity index (χ3n) is 12.1. The van der Waals surface area contributed by atoms with Crippen molar-refractivity contribution in [3.63, 3.8) is 0 Å². The molecule has 0 aliphatic carbocycles. The van der Waals surface area contributed by atoms with Crippen LogP contribution < -0.4 is 21.4 Å². The average Bonchev–Trinajstić information content (AvgIpc) is 3.69. The van der Waals surface area contributed by atoms with Gasteiger partial charge in [-0.25, -0.2) is 5.48 Å². The zero-order chi connectivity index (χ0) is 43.1. The first-order chi connectivity index (χ1) is 27.6. The fourth-order valence-corrected chi connectivity index (χ4v) is 8.66. The summed E-state index contributed by atoms with van der Waals surface area (Å²) >= 11 is 0. The summed E-state index contributed by atoms with van der Waals surface area (Å²) in [6.45, 7) is 17.4. The van der Waals surface area contributed by atoms with Gasteiger partial charge in [-0.15, -0.1) is 0 Å². The molecule has 0 bridgehead atoms. The summed E-state index contributed by atoms with van der Waals surface area (Å²) < 4.78 is 12.0. The number of likely N-dealkylation sites (N-methyl/N-ethyl adjacent to an activating group) is 1. The molecule has 15 nitrogen and oxygen atoms in total. The lowest BCUT2D eigenvalue weighted by molar-refractivity contribution is -0.148. The second-order valence-electron chi connectivity index (χ2n) is 16.7. The van der Waals surface area contributed by atoms with Crippen LogP contribution in [0, 0.1) is 23.7 Å². The maximum absolute atomic E-state index is 14.4. The SMILES string of the molecule is CC[C@H](C)[C@@H](C(CC(=O)N1CCC[C@H]1[C@H](OC)[C@@H](C)C(=O)N[C@@H](Cc1ccccc1)C(=O)NOC)OC)N(C)C(=O)[C@@H](NC(=O)C(C(C)C)N1CCNCC1)C(C)C. The maximum atomic E-state index is 14.4. The Hall–Kier alpha value is -3.63. The number of hydrogen-bond acceptors (Lipinski definition) is 10. The molecule has 328 valence electrons. The van der Waals surface area contributed by atoms with E-state index in [1.54, 1.807) is 30.9 Å². The molecule has 2 aliphatic rings. The van der Waals surface area contributed by atoms with E-state index in [2.05, 4.69) is 26.3 Å². The molecule has 2 fully saturated rings. The third-order valence-corrected chi connectivity index (χ3v) is 12.1. The van der Waals surface area contributed by atoms with Crippen LogP contribution in [0.25, 0.3) is 0 Å². The first kappa shape index (κ1) is 48.7. The summed E-state index contributed by atoms with van der Waals surface area (Å²) in [4.78, 5) is 79.8. The number of methoxy groups -OCH3 is 2. The minimum absolute atomic E-state index is 0.00407. The van der Waals surface area contributed by atoms with Crippen LogP contribution in [-0.2, 0) is 44.7 Å². The molecule has 2 aliphatic heterocycles. The molecule has 0 saturated carbocycles. The quantitative estimate of drug-likeness (QED) is 0.128. The standard InChI is InChI=1S/C43H73N7O8/c1-12-29(6)38(48(8)43(55)36(27(2)3)46-42(54)37(28(4)5)49-23-20-44-21-24-49)34(56-9)26-35(51)50-22-16-19-33(50)39(57-10)30(7)40(52)45-32(41(53)47-58-11)25-31-17-14-13-15-18-31/h13-15,17-18,27-30,32-34,36-39,44H,12,16,19-26H2,1-11H3,(H,45,52)(H,46,54)(H,47,53)/t29-,30+,32-,33-,34?,36-,37?,38-,39+/m0/s1. The summed E-state index contributed by atoms with van der Waals surface area (Å²) in [6.07, 6.45) is 1.04. The number of nitrogens with zero attached hydrogens (tertiary/aromatic N) is 3. The molecule has 0 radical (unpaired) electrons. The number of rotatable bonds is 22. The number of nitrogens with one attached hydrogen (secondary N) is 4. The van der Waals surface area contributed by atoms with Crippen molar-refractivity contribution < 1.29 is 38.3 Å². The van der Waals surface area contributed by atoms with Gasteiger partial charge in [-0.3, -0.25) is 33.7 Å².